The predicted molar refractivity (Wildman–Crippen MR) is 124 cm³/mol. The molecule has 3 aromatic rings. The number of nitrogens with zero attached hydrogens (tertiary/aromatic N) is 3. The van der Waals surface area contributed by atoms with Crippen molar-refractivity contribution in [3.05, 3.63) is 78.1 Å². The Hall–Kier alpha value is -3.39. The summed E-state index contributed by atoms with van der Waals surface area (Å²) in [5, 5.41) is 14.7. The fourth-order valence-corrected chi connectivity index (χ4v) is 3.72. The first-order valence-corrected chi connectivity index (χ1v) is 10.8. The number of nitrogens with one attached hydrogen (secondary N) is 2. The minimum Gasteiger partial charge on any atom is -0.325 e. The molecule has 1 aromatic heterocycles. The van der Waals surface area contributed by atoms with Gasteiger partial charge in [-0.25, -0.2) is 0 Å². The molecule has 8 heteroatoms. The lowest BCUT2D eigenvalue weighted by molar-refractivity contribution is -0.116. The molecule has 0 saturated carbocycles. The normalized spacial score (nSPS) is 10.5. The summed E-state index contributed by atoms with van der Waals surface area (Å²) >= 11 is 1.27. The second-order valence-corrected chi connectivity index (χ2v) is 7.93. The molecule has 0 saturated heterocycles. The Balaban J connectivity index is 1.63. The van der Waals surface area contributed by atoms with Crippen molar-refractivity contribution in [1.29, 1.82) is 0 Å². The van der Waals surface area contributed by atoms with E-state index in [1.165, 1.54) is 11.8 Å². The second-order valence-electron chi connectivity index (χ2n) is 6.99. The predicted octanol–water partition coefficient (Wildman–Crippen LogP) is 3.99. The molecule has 0 unspecified atom stereocenters. The van der Waals surface area contributed by atoms with Gasteiger partial charge in [0.05, 0.1) is 12.2 Å². The van der Waals surface area contributed by atoms with E-state index < -0.39 is 0 Å². The summed E-state index contributed by atoms with van der Waals surface area (Å²) < 4.78 is 1.80. The maximum Gasteiger partial charge on any atom is 0.234 e. The summed E-state index contributed by atoms with van der Waals surface area (Å²) in [6.45, 7) is 8.10. The second kappa shape index (κ2) is 10.6. The summed E-state index contributed by atoms with van der Waals surface area (Å²) in [6.07, 6.45) is 1.79. The Morgan fingerprint density at radius 2 is 1.55 bits per heavy atom. The lowest BCUT2D eigenvalue weighted by Crippen LogP contribution is -2.18. The Labute approximate surface area is 186 Å². The molecule has 0 aliphatic rings. The summed E-state index contributed by atoms with van der Waals surface area (Å²) in [6, 6.07) is 15.2. The number of aryl methyl sites for hydroxylation is 2. The zero-order chi connectivity index (χ0) is 22.2. The first kappa shape index (κ1) is 22.3. The summed E-state index contributed by atoms with van der Waals surface area (Å²) in [7, 11) is 0. The highest BCUT2D eigenvalue weighted by Crippen LogP contribution is 2.20. The number of hydrogen-bond donors (Lipinski definition) is 2. The third-order valence-corrected chi connectivity index (χ3v) is 5.56. The van der Waals surface area contributed by atoms with E-state index in [4.69, 9.17) is 0 Å². The zero-order valence-corrected chi connectivity index (χ0v) is 18.4. The minimum atomic E-state index is -0.180. The molecule has 2 amide bonds. The molecule has 0 radical (unpaired) electrons. The fourth-order valence-electron chi connectivity index (χ4n) is 2.95. The van der Waals surface area contributed by atoms with Gasteiger partial charge in [0.15, 0.2) is 5.16 Å². The average molecular weight is 436 g/mol. The zero-order valence-electron chi connectivity index (χ0n) is 17.6. The molecule has 0 spiro atoms. The monoisotopic (exact) mass is 435 g/mol. The van der Waals surface area contributed by atoms with Crippen LogP contribution in [-0.2, 0) is 22.6 Å². The summed E-state index contributed by atoms with van der Waals surface area (Å²) in [5.74, 6) is 0.388. The van der Waals surface area contributed by atoms with Crippen molar-refractivity contribution >= 4 is 35.0 Å². The van der Waals surface area contributed by atoms with Crippen LogP contribution in [-0.4, -0.2) is 32.3 Å². The maximum atomic E-state index is 12.5. The van der Waals surface area contributed by atoms with Crippen molar-refractivity contribution in [2.24, 2.45) is 0 Å². The third kappa shape index (κ3) is 6.05. The number of anilines is 2. The highest BCUT2D eigenvalue weighted by atomic mass is 32.2. The molecule has 0 bridgehead atoms. The first-order chi connectivity index (χ1) is 15.0. The quantitative estimate of drug-likeness (QED) is 0.392. The van der Waals surface area contributed by atoms with Crippen molar-refractivity contribution in [3.8, 4) is 0 Å². The molecule has 2 aromatic carbocycles. The highest BCUT2D eigenvalue weighted by molar-refractivity contribution is 7.99. The molecular formula is C23H25N5O2S. The van der Waals surface area contributed by atoms with Gasteiger partial charge in [-0.3, -0.25) is 9.59 Å². The number of para-hydroxylation sites is 2. The lowest BCUT2D eigenvalue weighted by Gasteiger charge is -2.10. The number of hydrogen-bond acceptors (Lipinski definition) is 5. The molecule has 2 N–H and O–H groups in total. The van der Waals surface area contributed by atoms with Crippen molar-refractivity contribution in [2.45, 2.75) is 32.0 Å². The summed E-state index contributed by atoms with van der Waals surface area (Å²) in [4.78, 5) is 24.9. The van der Waals surface area contributed by atoms with E-state index in [2.05, 4.69) is 27.4 Å². The fraction of sp³-hybridized carbons (Fsp3) is 0.217. The van der Waals surface area contributed by atoms with Gasteiger partial charge in [0.1, 0.15) is 5.82 Å². The SMILES string of the molecule is C=CCn1c(CC(=O)Nc2ccccc2C)nnc1SCC(=O)Nc1ccccc1C. The van der Waals surface area contributed by atoms with E-state index in [0.29, 0.717) is 17.5 Å². The van der Waals surface area contributed by atoms with Crippen LogP contribution in [0.2, 0.25) is 0 Å². The Morgan fingerprint density at radius 3 is 2.13 bits per heavy atom. The van der Waals surface area contributed by atoms with Crippen LogP contribution in [0.15, 0.2) is 66.3 Å². The number of benzene rings is 2. The van der Waals surface area contributed by atoms with Crippen molar-refractivity contribution < 1.29 is 9.59 Å². The molecule has 0 aliphatic heterocycles. The Kier molecular flexibility index (Phi) is 7.61. The molecule has 31 heavy (non-hydrogen) atoms. The van der Waals surface area contributed by atoms with Gasteiger partial charge < -0.3 is 15.2 Å². The average Bonchev–Trinajstić information content (AvgIpc) is 3.11. The number of carbonyl (C=O) groups is 2. The van der Waals surface area contributed by atoms with Gasteiger partial charge in [-0.2, -0.15) is 0 Å². The van der Waals surface area contributed by atoms with E-state index in [1.54, 1.807) is 10.6 Å². The van der Waals surface area contributed by atoms with Crippen molar-refractivity contribution in [3.63, 3.8) is 0 Å². The van der Waals surface area contributed by atoms with Crippen LogP contribution in [0.25, 0.3) is 0 Å². The van der Waals surface area contributed by atoms with E-state index in [-0.39, 0.29) is 24.0 Å². The standard InChI is InChI=1S/C23H25N5O2S/c1-4-13-28-20(14-21(29)24-18-11-7-5-9-16(18)2)26-27-23(28)31-15-22(30)25-19-12-8-6-10-17(19)3/h4-12H,1,13-15H2,2-3H3,(H,24,29)(H,25,30). The van der Waals surface area contributed by atoms with Crippen LogP contribution in [0.1, 0.15) is 17.0 Å². The number of aromatic nitrogens is 3. The molecule has 0 atom stereocenters. The number of allylic oxidation sites excluding steroid dienone is 1. The van der Waals surface area contributed by atoms with Gasteiger partial charge in [-0.1, -0.05) is 54.2 Å². The van der Waals surface area contributed by atoms with Crippen molar-refractivity contribution in [2.75, 3.05) is 16.4 Å². The van der Waals surface area contributed by atoms with Crippen LogP contribution in [0.4, 0.5) is 11.4 Å². The van der Waals surface area contributed by atoms with Gasteiger partial charge in [0, 0.05) is 17.9 Å². The van der Waals surface area contributed by atoms with Gasteiger partial charge in [0.25, 0.3) is 0 Å². The Morgan fingerprint density at radius 1 is 0.968 bits per heavy atom. The topological polar surface area (TPSA) is 88.9 Å². The number of thioether (sulfide) groups is 1. The lowest BCUT2D eigenvalue weighted by atomic mass is 10.2. The number of amides is 2. The molecule has 0 fully saturated rings. The van der Waals surface area contributed by atoms with Crippen LogP contribution >= 0.6 is 11.8 Å². The van der Waals surface area contributed by atoms with Gasteiger partial charge in [-0.05, 0) is 37.1 Å². The molecule has 0 aliphatic carbocycles. The van der Waals surface area contributed by atoms with Gasteiger partial charge >= 0.3 is 0 Å². The van der Waals surface area contributed by atoms with E-state index in [1.807, 2.05) is 62.4 Å². The smallest absolute Gasteiger partial charge is 0.234 e. The van der Waals surface area contributed by atoms with E-state index in [9.17, 15) is 9.59 Å². The Bertz CT molecular complexity index is 1090. The highest BCUT2D eigenvalue weighted by Gasteiger charge is 2.17. The van der Waals surface area contributed by atoms with Crippen LogP contribution in [0.3, 0.4) is 0 Å². The number of carbonyl (C=O) groups excluding carboxylic acids is 2. The van der Waals surface area contributed by atoms with E-state index in [0.717, 1.165) is 22.5 Å². The van der Waals surface area contributed by atoms with Crippen LogP contribution in [0.5, 0.6) is 0 Å². The molecular weight excluding hydrogens is 410 g/mol. The molecule has 160 valence electrons. The van der Waals surface area contributed by atoms with Crippen LogP contribution < -0.4 is 10.6 Å². The maximum absolute atomic E-state index is 12.5. The molecule has 7 nitrogen and oxygen atoms in total. The molecule has 3 rings (SSSR count). The van der Waals surface area contributed by atoms with Crippen LogP contribution in [0, 0.1) is 13.8 Å². The minimum absolute atomic E-state index is 0.0745. The van der Waals surface area contributed by atoms with Gasteiger partial charge in [-0.15, -0.1) is 16.8 Å². The molecule has 1 heterocycles. The largest absolute Gasteiger partial charge is 0.325 e. The third-order valence-electron chi connectivity index (χ3n) is 4.59. The number of rotatable bonds is 9. The summed E-state index contributed by atoms with van der Waals surface area (Å²) in [5.41, 5.74) is 3.54. The first-order valence-electron chi connectivity index (χ1n) is 9.84. The van der Waals surface area contributed by atoms with E-state index >= 15 is 0 Å². The van der Waals surface area contributed by atoms with Crippen molar-refractivity contribution in [1.82, 2.24) is 14.8 Å². The van der Waals surface area contributed by atoms with Gasteiger partial charge in [0.2, 0.25) is 11.8 Å².